The molecule has 1 aromatic heterocycles. The molecule has 0 saturated carbocycles. The third kappa shape index (κ3) is 2.84. The van der Waals surface area contributed by atoms with Crippen LogP contribution in [0, 0.1) is 11.3 Å². The summed E-state index contributed by atoms with van der Waals surface area (Å²) in [5.74, 6) is -1.50. The van der Waals surface area contributed by atoms with Crippen molar-refractivity contribution in [1.29, 1.82) is 5.26 Å². The predicted molar refractivity (Wildman–Crippen MR) is 114 cm³/mol. The van der Waals surface area contributed by atoms with Crippen LogP contribution in [0.25, 0.3) is 0 Å². The van der Waals surface area contributed by atoms with Crippen LogP contribution in [-0.4, -0.2) is 22.3 Å². The van der Waals surface area contributed by atoms with Gasteiger partial charge in [0, 0.05) is 17.9 Å². The summed E-state index contributed by atoms with van der Waals surface area (Å²) in [5.41, 5.74) is 2.30. The Hall–Kier alpha value is -4.18. The van der Waals surface area contributed by atoms with Crippen molar-refractivity contribution < 1.29 is 14.4 Å². The summed E-state index contributed by atoms with van der Waals surface area (Å²) in [6.45, 7) is 0.546. The fourth-order valence-electron chi connectivity index (χ4n) is 4.39. The maximum atomic E-state index is 13.4. The van der Waals surface area contributed by atoms with Gasteiger partial charge in [-0.3, -0.25) is 14.4 Å². The van der Waals surface area contributed by atoms with Crippen molar-refractivity contribution in [1.82, 2.24) is 4.57 Å². The molecule has 0 unspecified atom stereocenters. The van der Waals surface area contributed by atoms with E-state index in [9.17, 15) is 19.6 Å². The molecule has 5 rings (SSSR count). The molecule has 3 heterocycles. The summed E-state index contributed by atoms with van der Waals surface area (Å²) >= 11 is 0. The lowest BCUT2D eigenvalue weighted by Gasteiger charge is -2.19. The van der Waals surface area contributed by atoms with Crippen LogP contribution in [0.4, 0.5) is 11.4 Å². The van der Waals surface area contributed by atoms with Crippen LogP contribution in [0.5, 0.6) is 0 Å². The Kier molecular flexibility index (Phi) is 4.41. The molecule has 7 heteroatoms. The molecule has 2 aromatic carbocycles. The van der Waals surface area contributed by atoms with Gasteiger partial charge >= 0.3 is 0 Å². The number of rotatable bonds is 3. The van der Waals surface area contributed by atoms with Gasteiger partial charge in [-0.1, -0.05) is 30.3 Å². The number of nitriles is 1. The topological polar surface area (TPSA) is 95.2 Å². The van der Waals surface area contributed by atoms with Gasteiger partial charge in [-0.05, 0) is 43.5 Å². The van der Waals surface area contributed by atoms with Crippen molar-refractivity contribution in [3.8, 4) is 6.07 Å². The molecule has 2 aliphatic heterocycles. The van der Waals surface area contributed by atoms with Gasteiger partial charge in [-0.15, -0.1) is 0 Å². The van der Waals surface area contributed by atoms with Crippen LogP contribution in [0.3, 0.4) is 0 Å². The van der Waals surface area contributed by atoms with Crippen LogP contribution in [0.2, 0.25) is 0 Å². The number of carbonyl (C=O) groups is 3. The maximum Gasteiger partial charge on any atom is 0.274 e. The predicted octanol–water partition coefficient (Wildman–Crippen LogP) is 3.75. The highest BCUT2D eigenvalue weighted by Crippen LogP contribution is 2.39. The van der Waals surface area contributed by atoms with E-state index in [0.717, 1.165) is 17.7 Å². The molecule has 2 aliphatic rings. The molecule has 7 nitrogen and oxygen atoms in total. The highest BCUT2D eigenvalue weighted by Gasteiger charge is 2.42. The molecule has 0 spiro atoms. The van der Waals surface area contributed by atoms with Crippen molar-refractivity contribution >= 4 is 29.1 Å². The second kappa shape index (κ2) is 7.26. The number of anilines is 2. The Morgan fingerprint density at radius 2 is 1.58 bits per heavy atom. The number of imide groups is 1. The Morgan fingerprint density at radius 1 is 0.935 bits per heavy atom. The van der Waals surface area contributed by atoms with Crippen molar-refractivity contribution in [3.63, 3.8) is 0 Å². The van der Waals surface area contributed by atoms with E-state index < -0.39 is 17.7 Å². The number of nitrogens with zero attached hydrogens (tertiary/aromatic N) is 3. The highest BCUT2D eigenvalue weighted by molar-refractivity contribution is 6.36. The number of hydrogen-bond donors (Lipinski definition) is 1. The first kappa shape index (κ1) is 18.8. The number of hydrogen-bond acceptors (Lipinski definition) is 4. The molecule has 0 atom stereocenters. The fraction of sp³-hybridized carbons (Fsp3) is 0.167. The molecule has 1 N–H and O–H groups in total. The second-order valence-corrected chi connectivity index (χ2v) is 7.55. The van der Waals surface area contributed by atoms with Crippen LogP contribution < -0.4 is 10.2 Å². The number of para-hydroxylation sites is 1. The molecule has 0 bridgehead atoms. The number of aromatic nitrogens is 1. The van der Waals surface area contributed by atoms with Gasteiger partial charge in [0.25, 0.3) is 17.7 Å². The van der Waals surface area contributed by atoms with E-state index in [1.807, 2.05) is 6.07 Å². The summed E-state index contributed by atoms with van der Waals surface area (Å²) in [4.78, 5) is 40.7. The molecule has 0 fully saturated rings. The highest BCUT2D eigenvalue weighted by atomic mass is 16.2. The minimum atomic E-state index is -0.520. The van der Waals surface area contributed by atoms with E-state index >= 15 is 0 Å². The molecule has 3 amide bonds. The van der Waals surface area contributed by atoms with Crippen LogP contribution in [-0.2, 0) is 13.0 Å². The van der Waals surface area contributed by atoms with Crippen LogP contribution in [0.1, 0.15) is 55.3 Å². The third-order valence-corrected chi connectivity index (χ3v) is 5.77. The molecule has 0 radical (unpaired) electrons. The zero-order chi connectivity index (χ0) is 21.5. The fourth-order valence-corrected chi connectivity index (χ4v) is 4.39. The zero-order valence-corrected chi connectivity index (χ0v) is 16.6. The molecular formula is C24H18N4O3. The van der Waals surface area contributed by atoms with Crippen LogP contribution in [0.15, 0.2) is 54.6 Å². The Bertz CT molecular complexity index is 1250. The van der Waals surface area contributed by atoms with Crippen molar-refractivity contribution in [3.05, 3.63) is 82.7 Å². The normalized spacial score (nSPS) is 14.7. The first-order valence-electron chi connectivity index (χ1n) is 10.1. The summed E-state index contributed by atoms with van der Waals surface area (Å²) in [7, 11) is 0. The number of amides is 3. The van der Waals surface area contributed by atoms with E-state index in [1.165, 1.54) is 0 Å². The van der Waals surface area contributed by atoms with Gasteiger partial charge in [-0.25, -0.2) is 4.90 Å². The van der Waals surface area contributed by atoms with E-state index in [1.54, 1.807) is 53.1 Å². The lowest BCUT2D eigenvalue weighted by Crippen LogP contribution is -2.32. The largest absolute Gasteiger partial charge is 0.337 e. The lowest BCUT2D eigenvalue weighted by atomic mass is 10.1. The number of benzene rings is 2. The molecule has 0 saturated heterocycles. The molecular weight excluding hydrogens is 392 g/mol. The van der Waals surface area contributed by atoms with Gasteiger partial charge in [0.1, 0.15) is 17.5 Å². The third-order valence-electron chi connectivity index (χ3n) is 5.77. The Labute approximate surface area is 178 Å². The zero-order valence-electron chi connectivity index (χ0n) is 16.6. The molecule has 152 valence electrons. The standard InChI is InChI=1S/C24H18N4O3/c25-14-18-19-12-6-7-13-27(19)21(22(29)26-15-8-2-1-3-9-15)20(18)28-23(30)16-10-4-5-11-17(16)24(28)31/h1-5,8-11H,6-7,12-13H2,(H,26,29). The average Bonchev–Trinajstić information content (AvgIpc) is 3.25. The van der Waals surface area contributed by atoms with Crippen LogP contribution >= 0.6 is 0 Å². The molecule has 31 heavy (non-hydrogen) atoms. The number of nitrogens with one attached hydrogen (secondary N) is 1. The summed E-state index contributed by atoms with van der Waals surface area (Å²) in [5, 5.41) is 12.8. The first-order chi connectivity index (χ1) is 15.1. The number of fused-ring (bicyclic) bond motifs is 2. The van der Waals surface area contributed by atoms with Crippen molar-refractivity contribution in [2.75, 3.05) is 10.2 Å². The monoisotopic (exact) mass is 410 g/mol. The second-order valence-electron chi connectivity index (χ2n) is 7.55. The van der Waals surface area contributed by atoms with E-state index in [4.69, 9.17) is 0 Å². The quantitative estimate of drug-likeness (QED) is 0.665. The summed E-state index contributed by atoms with van der Waals surface area (Å²) in [6.07, 6.45) is 2.33. The van der Waals surface area contributed by atoms with Gasteiger partial charge in [0.15, 0.2) is 0 Å². The van der Waals surface area contributed by atoms with Gasteiger partial charge in [-0.2, -0.15) is 5.26 Å². The smallest absolute Gasteiger partial charge is 0.274 e. The maximum absolute atomic E-state index is 13.4. The average molecular weight is 410 g/mol. The Morgan fingerprint density at radius 3 is 2.23 bits per heavy atom. The first-order valence-corrected chi connectivity index (χ1v) is 10.1. The van der Waals surface area contributed by atoms with Crippen molar-refractivity contribution in [2.45, 2.75) is 25.8 Å². The van der Waals surface area contributed by atoms with Gasteiger partial charge in [0.05, 0.1) is 16.7 Å². The molecule has 0 aliphatic carbocycles. The van der Waals surface area contributed by atoms with E-state index in [0.29, 0.717) is 24.3 Å². The molecule has 3 aromatic rings. The minimum absolute atomic E-state index is 0.0824. The van der Waals surface area contributed by atoms with E-state index in [-0.39, 0.29) is 28.1 Å². The Balaban J connectivity index is 1.70. The summed E-state index contributed by atoms with van der Waals surface area (Å²) < 4.78 is 1.79. The van der Waals surface area contributed by atoms with E-state index in [2.05, 4.69) is 11.4 Å². The van der Waals surface area contributed by atoms with Gasteiger partial charge < -0.3 is 9.88 Å². The van der Waals surface area contributed by atoms with Crippen molar-refractivity contribution in [2.24, 2.45) is 0 Å². The lowest BCUT2D eigenvalue weighted by molar-refractivity contribution is 0.0926. The SMILES string of the molecule is N#Cc1c(N2C(=O)c3ccccc3C2=O)c(C(=O)Nc2ccccc2)n2c1CCCC2. The number of carbonyl (C=O) groups excluding carboxylic acids is 3. The minimum Gasteiger partial charge on any atom is -0.337 e. The summed E-state index contributed by atoms with van der Waals surface area (Å²) in [6, 6.07) is 17.7. The van der Waals surface area contributed by atoms with Gasteiger partial charge in [0.2, 0.25) is 0 Å².